The predicted molar refractivity (Wildman–Crippen MR) is 59.1 cm³/mol. The van der Waals surface area contributed by atoms with Crippen LogP contribution in [0.15, 0.2) is 18.2 Å². The van der Waals surface area contributed by atoms with E-state index in [1.165, 1.54) is 6.07 Å². The zero-order valence-electron chi connectivity index (χ0n) is 8.92. The maximum absolute atomic E-state index is 13.3. The SMILES string of the molecule is CC1NNCC1Nc1cccc(F)c1C#N. The Kier molecular flexibility index (Phi) is 3.04. The summed E-state index contributed by atoms with van der Waals surface area (Å²) in [6, 6.07) is 6.85. The average molecular weight is 220 g/mol. The molecule has 2 atom stereocenters. The van der Waals surface area contributed by atoms with Crippen LogP contribution in [0.1, 0.15) is 12.5 Å². The summed E-state index contributed by atoms with van der Waals surface area (Å²) in [4.78, 5) is 0. The fourth-order valence-electron chi connectivity index (χ4n) is 1.74. The van der Waals surface area contributed by atoms with E-state index in [9.17, 15) is 4.39 Å². The maximum Gasteiger partial charge on any atom is 0.143 e. The van der Waals surface area contributed by atoms with Gasteiger partial charge in [0.05, 0.1) is 11.7 Å². The third kappa shape index (κ3) is 1.98. The molecule has 1 aromatic rings. The molecule has 0 aromatic heterocycles. The quantitative estimate of drug-likeness (QED) is 0.695. The van der Waals surface area contributed by atoms with Gasteiger partial charge in [-0.15, -0.1) is 0 Å². The molecule has 1 saturated heterocycles. The lowest BCUT2D eigenvalue weighted by molar-refractivity contribution is 0.578. The Labute approximate surface area is 93.4 Å². The van der Waals surface area contributed by atoms with Gasteiger partial charge in [-0.25, -0.2) is 4.39 Å². The van der Waals surface area contributed by atoms with Gasteiger partial charge in [0.2, 0.25) is 0 Å². The molecule has 0 aliphatic carbocycles. The summed E-state index contributed by atoms with van der Waals surface area (Å²) in [5.41, 5.74) is 6.68. The van der Waals surface area contributed by atoms with Crippen molar-refractivity contribution in [3.8, 4) is 6.07 Å². The van der Waals surface area contributed by atoms with Crippen molar-refractivity contribution in [1.29, 1.82) is 5.26 Å². The van der Waals surface area contributed by atoms with Gasteiger partial charge in [0.15, 0.2) is 0 Å². The van der Waals surface area contributed by atoms with Crippen LogP contribution in [0, 0.1) is 17.1 Å². The summed E-state index contributed by atoms with van der Waals surface area (Å²) in [5, 5.41) is 12.0. The minimum absolute atomic E-state index is 0.0709. The molecule has 2 unspecified atom stereocenters. The van der Waals surface area contributed by atoms with Gasteiger partial charge in [0.1, 0.15) is 17.4 Å². The van der Waals surface area contributed by atoms with Gasteiger partial charge >= 0.3 is 0 Å². The first-order valence-corrected chi connectivity index (χ1v) is 5.16. The number of halogens is 1. The van der Waals surface area contributed by atoms with E-state index in [0.717, 1.165) is 6.54 Å². The van der Waals surface area contributed by atoms with E-state index in [-0.39, 0.29) is 17.6 Å². The van der Waals surface area contributed by atoms with Crippen LogP contribution in [0.4, 0.5) is 10.1 Å². The number of anilines is 1. The fraction of sp³-hybridized carbons (Fsp3) is 0.364. The zero-order valence-corrected chi connectivity index (χ0v) is 8.92. The molecule has 16 heavy (non-hydrogen) atoms. The van der Waals surface area contributed by atoms with Crippen molar-refractivity contribution in [3.05, 3.63) is 29.6 Å². The van der Waals surface area contributed by atoms with Gasteiger partial charge in [-0.2, -0.15) is 5.26 Å². The Morgan fingerprint density at radius 3 is 3.00 bits per heavy atom. The molecule has 0 amide bonds. The minimum Gasteiger partial charge on any atom is -0.378 e. The van der Waals surface area contributed by atoms with Gasteiger partial charge in [-0.3, -0.25) is 10.9 Å². The Morgan fingerprint density at radius 1 is 1.56 bits per heavy atom. The van der Waals surface area contributed by atoms with E-state index in [4.69, 9.17) is 5.26 Å². The summed E-state index contributed by atoms with van der Waals surface area (Å²) < 4.78 is 13.3. The molecule has 1 aromatic carbocycles. The maximum atomic E-state index is 13.3. The smallest absolute Gasteiger partial charge is 0.143 e. The second-order valence-corrected chi connectivity index (χ2v) is 3.84. The minimum atomic E-state index is -0.487. The van der Waals surface area contributed by atoms with Crippen molar-refractivity contribution in [2.24, 2.45) is 0 Å². The van der Waals surface area contributed by atoms with Gasteiger partial charge in [-0.1, -0.05) is 6.07 Å². The van der Waals surface area contributed by atoms with Crippen LogP contribution in [0.5, 0.6) is 0 Å². The van der Waals surface area contributed by atoms with E-state index in [1.807, 2.05) is 13.0 Å². The van der Waals surface area contributed by atoms with Crippen LogP contribution in [-0.2, 0) is 0 Å². The molecule has 3 N–H and O–H groups in total. The molecule has 0 spiro atoms. The number of hydrazine groups is 1. The van der Waals surface area contributed by atoms with Crippen molar-refractivity contribution < 1.29 is 4.39 Å². The second-order valence-electron chi connectivity index (χ2n) is 3.84. The molecule has 0 bridgehead atoms. The number of nitrogens with zero attached hydrogens (tertiary/aromatic N) is 1. The van der Waals surface area contributed by atoms with E-state index in [1.54, 1.807) is 12.1 Å². The molecule has 1 fully saturated rings. The zero-order chi connectivity index (χ0) is 11.5. The monoisotopic (exact) mass is 220 g/mol. The number of hydrogen-bond acceptors (Lipinski definition) is 4. The summed E-state index contributed by atoms with van der Waals surface area (Å²) in [6.07, 6.45) is 0. The number of benzene rings is 1. The van der Waals surface area contributed by atoms with Crippen LogP contribution in [0.3, 0.4) is 0 Å². The molecular formula is C11H13FN4. The van der Waals surface area contributed by atoms with Crippen molar-refractivity contribution in [1.82, 2.24) is 10.9 Å². The van der Waals surface area contributed by atoms with E-state index >= 15 is 0 Å². The second kappa shape index (κ2) is 4.47. The van der Waals surface area contributed by atoms with Gasteiger partial charge in [0, 0.05) is 12.6 Å². The van der Waals surface area contributed by atoms with Crippen molar-refractivity contribution >= 4 is 5.69 Å². The lowest BCUT2D eigenvalue weighted by Crippen LogP contribution is -2.34. The van der Waals surface area contributed by atoms with Crippen LogP contribution < -0.4 is 16.2 Å². The molecular weight excluding hydrogens is 207 g/mol. The lowest BCUT2D eigenvalue weighted by atomic mass is 10.1. The molecule has 2 rings (SSSR count). The molecule has 4 nitrogen and oxygen atoms in total. The highest BCUT2D eigenvalue weighted by atomic mass is 19.1. The third-order valence-electron chi connectivity index (χ3n) is 2.72. The standard InChI is InChI=1S/C11H13FN4/c1-7-11(6-14-16-7)15-10-4-2-3-9(12)8(10)5-13/h2-4,7,11,14-16H,6H2,1H3. The predicted octanol–water partition coefficient (Wildman–Crippen LogP) is 0.974. The van der Waals surface area contributed by atoms with Crippen molar-refractivity contribution in [3.63, 3.8) is 0 Å². The number of rotatable bonds is 2. The topological polar surface area (TPSA) is 59.9 Å². The third-order valence-corrected chi connectivity index (χ3v) is 2.72. The molecule has 5 heteroatoms. The molecule has 1 heterocycles. The fourth-order valence-corrected chi connectivity index (χ4v) is 1.74. The first-order chi connectivity index (χ1) is 7.72. The van der Waals surface area contributed by atoms with Gasteiger partial charge in [0.25, 0.3) is 0 Å². The molecule has 0 saturated carbocycles. The lowest BCUT2D eigenvalue weighted by Gasteiger charge is -2.18. The Morgan fingerprint density at radius 2 is 2.38 bits per heavy atom. The molecule has 1 aliphatic rings. The van der Waals surface area contributed by atoms with Crippen LogP contribution >= 0.6 is 0 Å². The Bertz CT molecular complexity index is 426. The first-order valence-electron chi connectivity index (χ1n) is 5.16. The van der Waals surface area contributed by atoms with Crippen LogP contribution in [-0.4, -0.2) is 18.6 Å². The average Bonchev–Trinajstić information content (AvgIpc) is 2.65. The summed E-state index contributed by atoms with van der Waals surface area (Å²) in [6.45, 7) is 2.76. The summed E-state index contributed by atoms with van der Waals surface area (Å²) in [7, 11) is 0. The Balaban J connectivity index is 2.21. The van der Waals surface area contributed by atoms with E-state index < -0.39 is 5.82 Å². The van der Waals surface area contributed by atoms with E-state index in [2.05, 4.69) is 16.2 Å². The summed E-state index contributed by atoms with van der Waals surface area (Å²) in [5.74, 6) is -0.487. The van der Waals surface area contributed by atoms with Crippen LogP contribution in [0.2, 0.25) is 0 Å². The van der Waals surface area contributed by atoms with Crippen molar-refractivity contribution in [2.75, 3.05) is 11.9 Å². The van der Waals surface area contributed by atoms with Crippen molar-refractivity contribution in [2.45, 2.75) is 19.0 Å². The highest BCUT2D eigenvalue weighted by molar-refractivity contribution is 5.58. The van der Waals surface area contributed by atoms with Gasteiger partial charge in [-0.05, 0) is 19.1 Å². The van der Waals surface area contributed by atoms with Crippen LogP contribution in [0.25, 0.3) is 0 Å². The molecule has 1 aliphatic heterocycles. The van der Waals surface area contributed by atoms with Gasteiger partial charge < -0.3 is 5.32 Å². The largest absolute Gasteiger partial charge is 0.378 e. The van der Waals surface area contributed by atoms with E-state index in [0.29, 0.717) is 5.69 Å². The highest BCUT2D eigenvalue weighted by Gasteiger charge is 2.23. The first kappa shape index (κ1) is 10.9. The Hall–Kier alpha value is -1.64. The number of nitriles is 1. The summed E-state index contributed by atoms with van der Waals surface area (Å²) >= 11 is 0. The number of hydrogen-bond donors (Lipinski definition) is 3. The molecule has 0 radical (unpaired) electrons. The number of nitrogens with one attached hydrogen (secondary N) is 3. The molecule has 84 valence electrons. The highest BCUT2D eigenvalue weighted by Crippen LogP contribution is 2.19. The normalized spacial score (nSPS) is 24.1.